The zero-order valence-electron chi connectivity index (χ0n) is 34.2. The molecular weight excluding hydrogens is 751 g/mol. The van der Waals surface area contributed by atoms with Crippen molar-refractivity contribution in [2.24, 2.45) is 0 Å². The van der Waals surface area contributed by atoms with Crippen LogP contribution in [0.2, 0.25) is 0 Å². The quantitative estimate of drug-likeness (QED) is 0.108. The number of anilines is 1. The van der Waals surface area contributed by atoms with Crippen molar-refractivity contribution in [1.29, 1.82) is 0 Å². The molecule has 0 spiro atoms. The summed E-state index contributed by atoms with van der Waals surface area (Å²) in [5, 5.41) is 24.7. The fourth-order valence-corrected chi connectivity index (χ4v) is 7.97. The number of nitrogens with zero attached hydrogens (tertiary/aromatic N) is 6. The number of aromatic nitrogens is 4. The number of carbonyl (C=O) groups excluding carboxylic acids is 2. The van der Waals surface area contributed by atoms with Gasteiger partial charge in [0.1, 0.15) is 17.1 Å². The Balaban J connectivity index is 1.01. The highest BCUT2D eigenvalue weighted by atomic mass is 16.5. The van der Waals surface area contributed by atoms with Gasteiger partial charge in [0.25, 0.3) is 11.8 Å². The summed E-state index contributed by atoms with van der Waals surface area (Å²) < 4.78 is 13.2. The van der Waals surface area contributed by atoms with E-state index < -0.39 is 17.9 Å². The molecule has 3 amide bonds. The third-order valence-electron chi connectivity index (χ3n) is 11.1. The maximum atomic E-state index is 13.6. The first-order chi connectivity index (χ1) is 28.6. The summed E-state index contributed by atoms with van der Waals surface area (Å²) in [7, 11) is 1.63. The SMILES string of the molecule is CCc1nc2c(cnn2CC)c(NC2CCOCC2)c1CNC(=O)c1cccc(C(=O)NCc2ccc(OC)c(-c3cccc(CN4CCN(C(=O)O)[C@@H](C)C4)c3)c2)n1. The van der Waals surface area contributed by atoms with Crippen molar-refractivity contribution in [2.45, 2.75) is 78.3 Å². The molecule has 310 valence electrons. The number of fused-ring (bicyclic) bond motifs is 1. The van der Waals surface area contributed by atoms with Gasteiger partial charge >= 0.3 is 6.09 Å². The zero-order chi connectivity index (χ0) is 41.5. The molecule has 2 aromatic carbocycles. The van der Waals surface area contributed by atoms with Crippen molar-refractivity contribution < 1.29 is 29.0 Å². The largest absolute Gasteiger partial charge is 0.496 e. The summed E-state index contributed by atoms with van der Waals surface area (Å²) in [6.45, 7) is 11.0. The van der Waals surface area contributed by atoms with Gasteiger partial charge in [-0.3, -0.25) is 14.5 Å². The number of rotatable bonds is 14. The molecule has 59 heavy (non-hydrogen) atoms. The molecule has 7 rings (SSSR count). The lowest BCUT2D eigenvalue weighted by molar-refractivity contribution is 0.0711. The Hall–Kier alpha value is -6.06. The Morgan fingerprint density at radius 2 is 1.66 bits per heavy atom. The number of pyridine rings is 2. The van der Waals surface area contributed by atoms with E-state index in [4.69, 9.17) is 14.5 Å². The Kier molecular flexibility index (Phi) is 13.0. The average Bonchev–Trinajstić information content (AvgIpc) is 3.68. The van der Waals surface area contributed by atoms with E-state index in [0.717, 1.165) is 63.1 Å². The highest BCUT2D eigenvalue weighted by Crippen LogP contribution is 2.33. The molecule has 3 aromatic heterocycles. The van der Waals surface area contributed by atoms with Crippen molar-refractivity contribution in [1.82, 2.24) is 40.2 Å². The number of benzene rings is 2. The second-order valence-electron chi connectivity index (χ2n) is 15.1. The molecule has 4 N–H and O–H groups in total. The molecule has 5 heterocycles. The van der Waals surface area contributed by atoms with Crippen molar-refractivity contribution in [3.63, 3.8) is 0 Å². The van der Waals surface area contributed by atoms with Crippen LogP contribution in [0.3, 0.4) is 0 Å². The highest BCUT2D eigenvalue weighted by Gasteiger charge is 2.27. The van der Waals surface area contributed by atoms with Crippen molar-refractivity contribution in [2.75, 3.05) is 45.3 Å². The lowest BCUT2D eigenvalue weighted by Crippen LogP contribution is -2.53. The van der Waals surface area contributed by atoms with Gasteiger partial charge in [0.15, 0.2) is 5.65 Å². The first kappa shape index (κ1) is 41.1. The van der Waals surface area contributed by atoms with E-state index in [1.165, 1.54) is 4.90 Å². The number of piperazine rings is 1. The van der Waals surface area contributed by atoms with Crippen LogP contribution in [0, 0.1) is 0 Å². The van der Waals surface area contributed by atoms with Crippen LogP contribution in [0.4, 0.5) is 10.5 Å². The molecule has 0 radical (unpaired) electrons. The highest BCUT2D eigenvalue weighted by molar-refractivity contribution is 5.97. The summed E-state index contributed by atoms with van der Waals surface area (Å²) in [5.41, 5.74) is 7.59. The molecule has 2 aliphatic rings. The van der Waals surface area contributed by atoms with Gasteiger partial charge in [0, 0.05) is 87.9 Å². The predicted molar refractivity (Wildman–Crippen MR) is 225 cm³/mol. The van der Waals surface area contributed by atoms with E-state index >= 15 is 0 Å². The summed E-state index contributed by atoms with van der Waals surface area (Å²) >= 11 is 0. The number of carbonyl (C=O) groups is 3. The Bertz CT molecular complexity index is 2310. The standard InChI is InChI=1S/C44H53N9O6/c1-5-36-34(40(48-32-15-19-59-20-16-32)35-25-47-53(6-2)41(35)50-36)24-46-43(55)38-12-8-11-37(49-38)42(54)45-23-29-13-14-39(58-4)33(22-29)31-10-7-9-30(21-31)27-51-17-18-52(44(56)57)28(3)26-51/h7-14,21-22,25,28,32H,5-6,15-20,23-24,26-27H2,1-4H3,(H,45,54)(H,46,55)(H,48,50)(H,56,57)/t28-/m0/s1. The number of ether oxygens (including phenoxy) is 2. The van der Waals surface area contributed by atoms with Gasteiger partial charge in [-0.05, 0) is 80.1 Å². The average molecular weight is 804 g/mol. The van der Waals surface area contributed by atoms with Crippen LogP contribution in [0.15, 0.2) is 66.9 Å². The van der Waals surface area contributed by atoms with E-state index in [9.17, 15) is 19.5 Å². The summed E-state index contributed by atoms with van der Waals surface area (Å²) in [6.07, 6.45) is 3.38. The molecule has 0 saturated carbocycles. The molecule has 2 saturated heterocycles. The maximum Gasteiger partial charge on any atom is 0.407 e. The smallest absolute Gasteiger partial charge is 0.407 e. The van der Waals surface area contributed by atoms with E-state index in [1.807, 2.05) is 55.1 Å². The Morgan fingerprint density at radius 1 is 0.915 bits per heavy atom. The van der Waals surface area contributed by atoms with Gasteiger partial charge in [-0.15, -0.1) is 0 Å². The van der Waals surface area contributed by atoms with E-state index in [2.05, 4.69) is 50.0 Å². The van der Waals surface area contributed by atoms with Crippen LogP contribution in [0.1, 0.15) is 77.0 Å². The van der Waals surface area contributed by atoms with Gasteiger partial charge in [-0.25, -0.2) is 19.4 Å². The predicted octanol–water partition coefficient (Wildman–Crippen LogP) is 5.72. The van der Waals surface area contributed by atoms with Crippen LogP contribution >= 0.6 is 0 Å². The van der Waals surface area contributed by atoms with E-state index in [-0.39, 0.29) is 36.6 Å². The van der Waals surface area contributed by atoms with Gasteiger partial charge in [0.05, 0.1) is 24.4 Å². The second-order valence-corrected chi connectivity index (χ2v) is 15.1. The molecular formula is C44H53N9O6. The van der Waals surface area contributed by atoms with Crippen LogP contribution in [-0.4, -0.2) is 105 Å². The lowest BCUT2D eigenvalue weighted by Gasteiger charge is -2.38. The molecule has 15 heteroatoms. The Labute approximate surface area is 344 Å². The van der Waals surface area contributed by atoms with Crippen LogP contribution in [0.5, 0.6) is 5.75 Å². The topological polar surface area (TPSA) is 176 Å². The van der Waals surface area contributed by atoms with Crippen LogP contribution < -0.4 is 20.7 Å². The second kappa shape index (κ2) is 18.7. The van der Waals surface area contributed by atoms with E-state index in [0.29, 0.717) is 58.1 Å². The van der Waals surface area contributed by atoms with Gasteiger partial charge in [0.2, 0.25) is 0 Å². The van der Waals surface area contributed by atoms with Crippen LogP contribution in [-0.2, 0) is 37.3 Å². The maximum absolute atomic E-state index is 13.6. The minimum absolute atomic E-state index is 0.0828. The number of amides is 3. The fraction of sp³-hybridized carbons (Fsp3) is 0.409. The summed E-state index contributed by atoms with van der Waals surface area (Å²) in [5.74, 6) is -0.109. The van der Waals surface area contributed by atoms with E-state index in [1.54, 1.807) is 25.3 Å². The van der Waals surface area contributed by atoms with Gasteiger partial charge < -0.3 is 35.4 Å². The number of nitrogens with one attached hydrogen (secondary N) is 3. The van der Waals surface area contributed by atoms with Crippen LogP contribution in [0.25, 0.3) is 22.2 Å². The first-order valence-electron chi connectivity index (χ1n) is 20.4. The summed E-state index contributed by atoms with van der Waals surface area (Å²) in [4.78, 5) is 51.7. The lowest BCUT2D eigenvalue weighted by atomic mass is 9.99. The van der Waals surface area contributed by atoms with Gasteiger partial charge in [-0.1, -0.05) is 37.3 Å². The van der Waals surface area contributed by atoms with Crippen molar-refractivity contribution in [3.05, 3.63) is 101 Å². The molecule has 0 aliphatic carbocycles. The monoisotopic (exact) mass is 803 g/mol. The first-order valence-corrected chi connectivity index (χ1v) is 20.4. The normalized spacial score (nSPS) is 16.2. The third kappa shape index (κ3) is 9.47. The molecule has 0 bridgehead atoms. The fourth-order valence-electron chi connectivity index (χ4n) is 7.97. The summed E-state index contributed by atoms with van der Waals surface area (Å²) in [6, 6.07) is 19.0. The van der Waals surface area contributed by atoms with Gasteiger partial charge in [-0.2, -0.15) is 5.10 Å². The minimum Gasteiger partial charge on any atom is -0.496 e. The molecule has 0 unspecified atom stereocenters. The Morgan fingerprint density at radius 3 is 2.36 bits per heavy atom. The molecule has 2 fully saturated rings. The number of hydrogen-bond donors (Lipinski definition) is 4. The number of aryl methyl sites for hydroxylation is 2. The molecule has 1 atom stereocenters. The number of carboxylic acid groups (broad SMARTS) is 1. The van der Waals surface area contributed by atoms with Crippen molar-refractivity contribution >= 4 is 34.6 Å². The molecule has 2 aliphatic heterocycles. The van der Waals surface area contributed by atoms with Crippen molar-refractivity contribution in [3.8, 4) is 16.9 Å². The zero-order valence-corrected chi connectivity index (χ0v) is 34.2. The minimum atomic E-state index is -0.881. The number of hydrogen-bond acceptors (Lipinski definition) is 10. The third-order valence-corrected chi connectivity index (χ3v) is 11.1. The molecule has 15 nitrogen and oxygen atoms in total. The molecule has 5 aromatic rings. The number of methoxy groups -OCH3 is 1.